The van der Waals surface area contributed by atoms with Crippen molar-refractivity contribution in [3.8, 4) is 0 Å². The molecule has 4 rings (SSSR count). The highest BCUT2D eigenvalue weighted by Crippen LogP contribution is 2.30. The van der Waals surface area contributed by atoms with E-state index in [-0.39, 0.29) is 24.2 Å². The van der Waals surface area contributed by atoms with E-state index in [1.54, 1.807) is 17.0 Å². The van der Waals surface area contributed by atoms with Gasteiger partial charge in [0.05, 0.1) is 5.92 Å². The van der Waals surface area contributed by atoms with Gasteiger partial charge in [-0.25, -0.2) is 0 Å². The van der Waals surface area contributed by atoms with Gasteiger partial charge in [-0.15, -0.1) is 0 Å². The first-order valence-corrected chi connectivity index (χ1v) is 10.1. The van der Waals surface area contributed by atoms with Crippen LogP contribution < -0.4 is 15.1 Å². The van der Waals surface area contributed by atoms with Gasteiger partial charge in [0.15, 0.2) is 0 Å². The standard InChI is InChI=1S/C22H24ClN3O2/c1-15-19(23)5-4-6-20(15)24-22(28)16-13-21(27)26(14-16)18-9-7-17(8-10-18)25-11-2-3-12-25/h4-10,16H,2-3,11-14H2,1H3,(H,24,28). The molecule has 0 radical (unpaired) electrons. The van der Waals surface area contributed by atoms with Crippen molar-refractivity contribution in [3.63, 3.8) is 0 Å². The number of nitrogens with one attached hydrogen (secondary N) is 1. The van der Waals surface area contributed by atoms with E-state index in [4.69, 9.17) is 11.6 Å². The van der Waals surface area contributed by atoms with Gasteiger partial charge in [0.1, 0.15) is 0 Å². The molecule has 2 fully saturated rings. The minimum Gasteiger partial charge on any atom is -0.372 e. The molecule has 2 aromatic carbocycles. The number of carbonyl (C=O) groups is 2. The van der Waals surface area contributed by atoms with Crippen LogP contribution >= 0.6 is 11.6 Å². The molecule has 2 aromatic rings. The number of anilines is 3. The van der Waals surface area contributed by atoms with E-state index in [2.05, 4.69) is 22.3 Å². The third-order valence-corrected chi connectivity index (χ3v) is 6.06. The highest BCUT2D eigenvalue weighted by Gasteiger charge is 2.35. The summed E-state index contributed by atoms with van der Waals surface area (Å²) in [5.41, 5.74) is 3.57. The Kier molecular flexibility index (Phi) is 5.27. The molecule has 0 aliphatic carbocycles. The molecule has 0 spiro atoms. The quantitative estimate of drug-likeness (QED) is 0.839. The van der Waals surface area contributed by atoms with Gasteiger partial charge in [0.2, 0.25) is 11.8 Å². The Balaban J connectivity index is 1.43. The number of benzene rings is 2. The van der Waals surface area contributed by atoms with Gasteiger partial charge in [-0.1, -0.05) is 17.7 Å². The van der Waals surface area contributed by atoms with Crippen LogP contribution in [0.2, 0.25) is 5.02 Å². The molecule has 1 unspecified atom stereocenters. The topological polar surface area (TPSA) is 52.7 Å². The molecule has 1 atom stereocenters. The summed E-state index contributed by atoms with van der Waals surface area (Å²) in [5.74, 6) is -0.532. The molecular formula is C22H24ClN3O2. The van der Waals surface area contributed by atoms with E-state index in [0.717, 1.165) is 24.3 Å². The van der Waals surface area contributed by atoms with Crippen LogP contribution in [0.1, 0.15) is 24.8 Å². The van der Waals surface area contributed by atoms with Crippen molar-refractivity contribution in [2.75, 3.05) is 34.8 Å². The van der Waals surface area contributed by atoms with Crippen LogP contribution in [0.15, 0.2) is 42.5 Å². The fourth-order valence-electron chi connectivity index (χ4n) is 3.93. The lowest BCUT2D eigenvalue weighted by Gasteiger charge is -2.21. The molecule has 2 aliphatic rings. The summed E-state index contributed by atoms with van der Waals surface area (Å²) in [5, 5.41) is 3.53. The molecular weight excluding hydrogens is 374 g/mol. The fourth-order valence-corrected chi connectivity index (χ4v) is 4.10. The minimum atomic E-state index is -0.371. The first kappa shape index (κ1) is 18.8. The van der Waals surface area contributed by atoms with Crippen molar-refractivity contribution < 1.29 is 9.59 Å². The van der Waals surface area contributed by atoms with Gasteiger partial charge >= 0.3 is 0 Å². The zero-order valence-corrected chi connectivity index (χ0v) is 16.7. The van der Waals surface area contributed by atoms with E-state index in [1.807, 2.05) is 25.1 Å². The lowest BCUT2D eigenvalue weighted by atomic mass is 10.1. The van der Waals surface area contributed by atoms with Gasteiger partial charge in [-0.05, 0) is 61.7 Å². The molecule has 5 nitrogen and oxygen atoms in total. The number of carbonyl (C=O) groups excluding carboxylic acids is 2. The Bertz CT molecular complexity index is 891. The number of nitrogens with zero attached hydrogens (tertiary/aromatic N) is 2. The van der Waals surface area contributed by atoms with E-state index < -0.39 is 0 Å². The van der Waals surface area contributed by atoms with Crippen LogP contribution in [0.3, 0.4) is 0 Å². The second-order valence-corrected chi connectivity index (χ2v) is 7.92. The first-order chi connectivity index (χ1) is 13.5. The molecule has 146 valence electrons. The van der Waals surface area contributed by atoms with Gasteiger partial charge in [-0.2, -0.15) is 0 Å². The average Bonchev–Trinajstić information content (AvgIpc) is 3.35. The third kappa shape index (κ3) is 3.72. The summed E-state index contributed by atoms with van der Waals surface area (Å²) in [6.45, 7) is 4.44. The maximum Gasteiger partial charge on any atom is 0.229 e. The van der Waals surface area contributed by atoms with Crippen molar-refractivity contribution >= 4 is 40.5 Å². The van der Waals surface area contributed by atoms with Crippen LogP contribution in [-0.4, -0.2) is 31.4 Å². The van der Waals surface area contributed by atoms with Crippen molar-refractivity contribution in [2.24, 2.45) is 5.92 Å². The summed E-state index contributed by atoms with van der Waals surface area (Å²) >= 11 is 6.13. The van der Waals surface area contributed by atoms with Crippen LogP contribution in [0.4, 0.5) is 17.1 Å². The van der Waals surface area contributed by atoms with Crippen molar-refractivity contribution in [1.29, 1.82) is 0 Å². The Morgan fingerprint density at radius 3 is 2.46 bits per heavy atom. The maximum atomic E-state index is 12.7. The van der Waals surface area contributed by atoms with Gasteiger partial charge < -0.3 is 15.1 Å². The Hall–Kier alpha value is -2.53. The first-order valence-electron chi connectivity index (χ1n) is 9.74. The van der Waals surface area contributed by atoms with E-state index in [1.165, 1.54) is 18.5 Å². The predicted octanol–water partition coefficient (Wildman–Crippen LogP) is 4.24. The molecule has 6 heteroatoms. The lowest BCUT2D eigenvalue weighted by molar-refractivity contribution is -0.122. The minimum absolute atomic E-state index is 0.0168. The molecule has 2 heterocycles. The van der Waals surface area contributed by atoms with Crippen molar-refractivity contribution in [3.05, 3.63) is 53.1 Å². The predicted molar refractivity (Wildman–Crippen MR) is 113 cm³/mol. The lowest BCUT2D eigenvalue weighted by Crippen LogP contribution is -2.28. The molecule has 1 N–H and O–H groups in total. The summed E-state index contributed by atoms with van der Waals surface area (Å²) in [6.07, 6.45) is 2.68. The second-order valence-electron chi connectivity index (χ2n) is 7.52. The van der Waals surface area contributed by atoms with Crippen LogP contribution in [0.5, 0.6) is 0 Å². The molecule has 28 heavy (non-hydrogen) atoms. The Morgan fingerprint density at radius 1 is 1.07 bits per heavy atom. The number of amides is 2. The maximum absolute atomic E-state index is 12.7. The van der Waals surface area contributed by atoms with Crippen LogP contribution in [0, 0.1) is 12.8 Å². The third-order valence-electron chi connectivity index (χ3n) is 5.65. The summed E-state index contributed by atoms with van der Waals surface area (Å²) in [6, 6.07) is 13.5. The summed E-state index contributed by atoms with van der Waals surface area (Å²) in [4.78, 5) is 29.3. The van der Waals surface area contributed by atoms with Gasteiger partial charge in [0, 0.05) is 48.1 Å². The molecule has 2 saturated heterocycles. The van der Waals surface area contributed by atoms with Gasteiger partial charge in [-0.3, -0.25) is 9.59 Å². The SMILES string of the molecule is Cc1c(Cl)cccc1NC(=O)C1CC(=O)N(c2ccc(N3CCCC3)cc2)C1. The van der Waals surface area contributed by atoms with Crippen molar-refractivity contribution in [1.82, 2.24) is 0 Å². The van der Waals surface area contributed by atoms with E-state index >= 15 is 0 Å². The van der Waals surface area contributed by atoms with Crippen LogP contribution in [-0.2, 0) is 9.59 Å². The fraction of sp³-hybridized carbons (Fsp3) is 0.364. The van der Waals surface area contributed by atoms with Crippen LogP contribution in [0.25, 0.3) is 0 Å². The van der Waals surface area contributed by atoms with Gasteiger partial charge in [0.25, 0.3) is 0 Å². The molecule has 0 aromatic heterocycles. The largest absolute Gasteiger partial charge is 0.372 e. The normalized spacial score (nSPS) is 19.4. The monoisotopic (exact) mass is 397 g/mol. The van der Waals surface area contributed by atoms with Crippen molar-refractivity contribution in [2.45, 2.75) is 26.2 Å². The number of hydrogen-bond donors (Lipinski definition) is 1. The molecule has 0 bridgehead atoms. The zero-order chi connectivity index (χ0) is 19.7. The van der Waals surface area contributed by atoms with E-state index in [0.29, 0.717) is 17.3 Å². The smallest absolute Gasteiger partial charge is 0.229 e. The number of halogens is 1. The highest BCUT2D eigenvalue weighted by atomic mass is 35.5. The Morgan fingerprint density at radius 2 is 1.75 bits per heavy atom. The second kappa shape index (κ2) is 7.84. The molecule has 0 saturated carbocycles. The number of rotatable bonds is 4. The number of hydrogen-bond acceptors (Lipinski definition) is 3. The average molecular weight is 398 g/mol. The molecule has 2 aliphatic heterocycles. The Labute approximate surface area is 170 Å². The zero-order valence-electron chi connectivity index (χ0n) is 16.0. The summed E-state index contributed by atoms with van der Waals surface area (Å²) in [7, 11) is 0. The highest BCUT2D eigenvalue weighted by molar-refractivity contribution is 6.31. The molecule has 2 amide bonds. The summed E-state index contributed by atoms with van der Waals surface area (Å²) < 4.78 is 0. The van der Waals surface area contributed by atoms with E-state index in [9.17, 15) is 9.59 Å².